The number of benzene rings is 2. The molecular formula is C26H25F2N3O7S. The second-order valence-corrected chi connectivity index (χ2v) is 9.22. The van der Waals surface area contributed by atoms with Crippen LogP contribution in [0.15, 0.2) is 70.0 Å². The van der Waals surface area contributed by atoms with Gasteiger partial charge in [0.05, 0.1) is 23.9 Å². The summed E-state index contributed by atoms with van der Waals surface area (Å²) in [6.07, 6.45) is 2.20. The third-order valence-corrected chi connectivity index (χ3v) is 6.44. The quantitative estimate of drug-likeness (QED) is 0.384. The summed E-state index contributed by atoms with van der Waals surface area (Å²) in [6.45, 7) is -0.802. The van der Waals surface area contributed by atoms with Crippen molar-refractivity contribution in [2.45, 2.75) is 45.3 Å². The molecule has 1 amide bonds. The van der Waals surface area contributed by atoms with Crippen LogP contribution in [0.1, 0.15) is 47.3 Å². The summed E-state index contributed by atoms with van der Waals surface area (Å²) in [5.74, 6) is -1.11. The number of amides is 1. The predicted molar refractivity (Wildman–Crippen MR) is 136 cm³/mol. The highest BCUT2D eigenvalue weighted by atomic mass is 32.2. The summed E-state index contributed by atoms with van der Waals surface area (Å²) in [6, 6.07) is 13.4. The van der Waals surface area contributed by atoms with Crippen LogP contribution in [-0.4, -0.2) is 38.8 Å². The Balaban J connectivity index is 1.79. The molecule has 0 saturated carbocycles. The van der Waals surface area contributed by atoms with Crippen LogP contribution in [0, 0.1) is 0 Å². The van der Waals surface area contributed by atoms with Gasteiger partial charge in [-0.05, 0) is 49.2 Å². The number of pyridine rings is 1. The van der Waals surface area contributed by atoms with Crippen molar-refractivity contribution in [1.29, 1.82) is 0 Å². The molecule has 4 rings (SSSR count). The number of carbonyl (C=O) groups is 1. The Morgan fingerprint density at radius 1 is 1.18 bits per heavy atom. The smallest absolute Gasteiger partial charge is 0.387 e. The van der Waals surface area contributed by atoms with Gasteiger partial charge < -0.3 is 24.1 Å². The number of nitrogens with one attached hydrogen (secondary N) is 1. The fourth-order valence-electron chi connectivity index (χ4n) is 4.25. The van der Waals surface area contributed by atoms with Gasteiger partial charge in [0.2, 0.25) is 0 Å². The van der Waals surface area contributed by atoms with Crippen LogP contribution in [0.5, 0.6) is 11.5 Å². The molecule has 1 unspecified atom stereocenters. The monoisotopic (exact) mass is 561 g/mol. The van der Waals surface area contributed by atoms with Crippen molar-refractivity contribution in [2.75, 3.05) is 11.5 Å². The summed E-state index contributed by atoms with van der Waals surface area (Å²) in [5.41, 5.74) is 0.885. The molecular weight excluding hydrogens is 536 g/mol. The number of rotatable bonds is 10. The lowest BCUT2D eigenvalue weighted by molar-refractivity contribution is -0.0633. The van der Waals surface area contributed by atoms with Crippen molar-refractivity contribution in [3.63, 3.8) is 0 Å². The Kier molecular flexibility index (Phi) is 9.04. The Bertz CT molecular complexity index is 1510. The minimum absolute atomic E-state index is 0.00519. The van der Waals surface area contributed by atoms with Gasteiger partial charge in [0.15, 0.2) is 17.8 Å². The highest BCUT2D eigenvalue weighted by Crippen LogP contribution is 2.37. The van der Waals surface area contributed by atoms with Crippen LogP contribution < -0.4 is 19.9 Å². The number of ether oxygens (including phenoxy) is 3. The van der Waals surface area contributed by atoms with Crippen molar-refractivity contribution in [3.05, 3.63) is 87.8 Å². The largest absolute Gasteiger partial charge is 0.461 e. The number of H-pyrrole nitrogens is 1. The molecule has 2 heterocycles. The van der Waals surface area contributed by atoms with Crippen LogP contribution in [0.25, 0.3) is 0 Å². The molecule has 0 radical (unpaired) electrons. The molecule has 1 aromatic heterocycles. The van der Waals surface area contributed by atoms with Crippen molar-refractivity contribution >= 4 is 22.1 Å². The molecule has 1 aliphatic rings. The minimum atomic E-state index is -3.07. The van der Waals surface area contributed by atoms with E-state index < -0.39 is 35.4 Å². The fraction of sp³-hybridized carbons (Fsp3) is 0.308. The van der Waals surface area contributed by atoms with E-state index in [1.54, 1.807) is 48.2 Å². The molecule has 1 saturated heterocycles. The molecule has 3 aromatic rings. The summed E-state index contributed by atoms with van der Waals surface area (Å²) in [7, 11) is -2.97. The van der Waals surface area contributed by atoms with E-state index in [0.717, 1.165) is 6.42 Å². The Labute approximate surface area is 223 Å². The normalized spacial score (nSPS) is 15.5. The highest BCUT2D eigenvalue weighted by molar-refractivity contribution is 7.62. The van der Waals surface area contributed by atoms with Crippen molar-refractivity contribution in [3.8, 4) is 11.5 Å². The Hall–Kier alpha value is -4.10. The molecule has 13 heteroatoms. The third kappa shape index (κ3) is 7.06. The number of carbonyl (C=O) groups excluding carboxylic acids is 1. The first kappa shape index (κ1) is 27.9. The van der Waals surface area contributed by atoms with E-state index in [0.29, 0.717) is 29.8 Å². The van der Waals surface area contributed by atoms with Gasteiger partial charge in [0.25, 0.3) is 11.5 Å². The zero-order valence-electron chi connectivity index (χ0n) is 20.8. The van der Waals surface area contributed by atoms with E-state index in [1.807, 2.05) is 0 Å². The molecule has 0 aliphatic carbocycles. The zero-order valence-corrected chi connectivity index (χ0v) is 21.6. The van der Waals surface area contributed by atoms with Crippen LogP contribution >= 0.6 is 0 Å². The maximum Gasteiger partial charge on any atom is 0.387 e. The van der Waals surface area contributed by atoms with Gasteiger partial charge in [0, 0.05) is 24.7 Å². The van der Waals surface area contributed by atoms with Gasteiger partial charge in [-0.15, -0.1) is 0 Å². The summed E-state index contributed by atoms with van der Waals surface area (Å²) in [4.78, 5) is 29.5. The third-order valence-electron chi connectivity index (χ3n) is 6.12. The number of hydrogen-bond acceptors (Lipinski definition) is 8. The van der Waals surface area contributed by atoms with Crippen LogP contribution in [-0.2, 0) is 21.8 Å². The van der Waals surface area contributed by atoms with Gasteiger partial charge in [-0.3, -0.25) is 9.59 Å². The number of nitrogens with zero attached hydrogens (tertiary/aromatic N) is 2. The summed E-state index contributed by atoms with van der Waals surface area (Å²) in [5, 5.41) is 0. The lowest BCUT2D eigenvalue weighted by Gasteiger charge is -2.33. The van der Waals surface area contributed by atoms with E-state index in [4.69, 9.17) is 9.47 Å². The number of alkyl halides is 2. The van der Waals surface area contributed by atoms with Crippen molar-refractivity contribution < 1.29 is 36.2 Å². The fourth-order valence-corrected chi connectivity index (χ4v) is 4.48. The van der Waals surface area contributed by atoms with Crippen molar-refractivity contribution in [2.24, 2.45) is 4.36 Å². The average molecular weight is 562 g/mol. The van der Waals surface area contributed by atoms with Gasteiger partial charge in [-0.25, -0.2) is 0 Å². The molecule has 2 atom stereocenters. The number of para-hydroxylation sites is 1. The second kappa shape index (κ2) is 12.6. The zero-order chi connectivity index (χ0) is 27.9. The molecule has 1 fully saturated rings. The maximum absolute atomic E-state index is 13.1. The van der Waals surface area contributed by atoms with Gasteiger partial charge >= 0.3 is 17.1 Å². The molecule has 0 spiro atoms. The molecule has 39 heavy (non-hydrogen) atoms. The molecule has 206 valence electrons. The number of aromatic amines is 1. The highest BCUT2D eigenvalue weighted by Gasteiger charge is 2.26. The lowest BCUT2D eigenvalue weighted by atomic mass is 10.0. The molecule has 1 N–H and O–H groups in total. The van der Waals surface area contributed by atoms with Crippen molar-refractivity contribution in [1.82, 2.24) is 4.98 Å². The summed E-state index contributed by atoms with van der Waals surface area (Å²) < 4.78 is 67.5. The maximum atomic E-state index is 13.1. The van der Waals surface area contributed by atoms with E-state index in [1.165, 1.54) is 24.4 Å². The van der Waals surface area contributed by atoms with E-state index in [9.17, 15) is 26.8 Å². The SMILES string of the molecule is CC(c1ccc(OC(F)F)c(O[C@@H]2CCCO2)c1)N(Cc1ccc[nH]c1=O)c1ccccc1C(=O)N=S(=O)=O. The molecule has 1 aliphatic heterocycles. The van der Waals surface area contributed by atoms with Gasteiger partial charge in [-0.2, -0.15) is 17.2 Å². The Morgan fingerprint density at radius 2 is 1.97 bits per heavy atom. The van der Waals surface area contributed by atoms with Crippen LogP contribution in [0.2, 0.25) is 0 Å². The van der Waals surface area contributed by atoms with E-state index >= 15 is 0 Å². The Morgan fingerprint density at radius 3 is 2.67 bits per heavy atom. The average Bonchev–Trinajstić information content (AvgIpc) is 3.41. The number of anilines is 1. The first-order valence-corrected chi connectivity index (χ1v) is 13.0. The number of halogens is 2. The van der Waals surface area contributed by atoms with Gasteiger partial charge in [0.1, 0.15) is 0 Å². The van der Waals surface area contributed by atoms with Gasteiger partial charge in [-0.1, -0.05) is 28.6 Å². The number of aromatic nitrogens is 1. The van der Waals surface area contributed by atoms with Crippen LogP contribution in [0.3, 0.4) is 0 Å². The predicted octanol–water partition coefficient (Wildman–Crippen LogP) is 4.46. The topological polar surface area (TPSA) is 127 Å². The standard InChI is InChI=1S/C26H25F2N3O7S/c1-16(17-10-11-21(38-26(27)28)22(14-17)37-23-9-5-13-36-23)31(15-18-6-4-12-29-24(18)32)20-8-3-2-7-19(20)25(33)30-39(34)35/h2-4,6-8,10-12,14,16,23,26H,5,9,13,15H2,1H3,(H,29,32)/t16?,23-/m1/s1. The molecule has 10 nitrogen and oxygen atoms in total. The minimum Gasteiger partial charge on any atom is -0.461 e. The van der Waals surface area contributed by atoms with Crippen LogP contribution in [0.4, 0.5) is 14.5 Å². The lowest BCUT2D eigenvalue weighted by Crippen LogP contribution is -2.30. The molecule has 0 bridgehead atoms. The number of hydrogen-bond donors (Lipinski definition) is 1. The van der Waals surface area contributed by atoms with E-state index in [2.05, 4.69) is 14.1 Å². The second-order valence-electron chi connectivity index (χ2n) is 8.60. The summed E-state index contributed by atoms with van der Waals surface area (Å²) >= 11 is 0. The van der Waals surface area contributed by atoms with E-state index in [-0.39, 0.29) is 29.2 Å². The molecule has 2 aromatic carbocycles. The first-order chi connectivity index (χ1) is 18.7. The first-order valence-electron chi connectivity index (χ1n) is 12.0.